The Morgan fingerprint density at radius 2 is 2.00 bits per heavy atom. The summed E-state index contributed by atoms with van der Waals surface area (Å²) in [5.41, 5.74) is 1.90. The number of anilines is 1. The third-order valence-electron chi connectivity index (χ3n) is 3.81. The first kappa shape index (κ1) is 17.6. The second kappa shape index (κ2) is 7.81. The van der Waals surface area contributed by atoms with Crippen LogP contribution in [0.3, 0.4) is 0 Å². The molecule has 3 heterocycles. The van der Waals surface area contributed by atoms with Gasteiger partial charge in [0.1, 0.15) is 0 Å². The van der Waals surface area contributed by atoms with Crippen molar-refractivity contribution in [3.63, 3.8) is 0 Å². The number of thiophene rings is 1. The molecule has 136 valence electrons. The van der Waals surface area contributed by atoms with Crippen LogP contribution < -0.4 is 5.32 Å². The number of rotatable bonds is 6. The lowest BCUT2D eigenvalue weighted by molar-refractivity contribution is -0.113. The number of hydrogen-bond acceptors (Lipinski definition) is 5. The summed E-state index contributed by atoms with van der Waals surface area (Å²) in [7, 11) is 0. The normalized spacial score (nSPS) is 10.9. The van der Waals surface area contributed by atoms with Crippen molar-refractivity contribution in [2.45, 2.75) is 12.1 Å². The van der Waals surface area contributed by atoms with Crippen molar-refractivity contribution in [3.05, 3.63) is 71.9 Å². The number of amides is 1. The Morgan fingerprint density at radius 3 is 2.74 bits per heavy atom. The molecule has 0 unspecified atom stereocenters. The van der Waals surface area contributed by atoms with Crippen LogP contribution in [-0.4, -0.2) is 31.2 Å². The van der Waals surface area contributed by atoms with Crippen LogP contribution in [0, 0.1) is 6.92 Å². The van der Waals surface area contributed by atoms with E-state index in [1.54, 1.807) is 11.3 Å². The van der Waals surface area contributed by atoms with E-state index in [0.29, 0.717) is 5.16 Å². The minimum Gasteiger partial charge on any atom is -0.325 e. The van der Waals surface area contributed by atoms with Crippen LogP contribution in [0.5, 0.6) is 0 Å². The average Bonchev–Trinajstić information content (AvgIpc) is 3.39. The van der Waals surface area contributed by atoms with Gasteiger partial charge in [-0.1, -0.05) is 30.0 Å². The highest BCUT2D eigenvalue weighted by atomic mass is 32.2. The third kappa shape index (κ3) is 3.96. The quantitative estimate of drug-likeness (QED) is 0.498. The zero-order valence-corrected chi connectivity index (χ0v) is 16.2. The summed E-state index contributed by atoms with van der Waals surface area (Å²) >= 11 is 2.96. The number of benzene rings is 1. The molecule has 4 aromatic rings. The molecule has 1 amide bonds. The van der Waals surface area contributed by atoms with Crippen molar-refractivity contribution in [2.75, 3.05) is 11.1 Å². The highest BCUT2D eigenvalue weighted by Gasteiger charge is 2.17. The van der Waals surface area contributed by atoms with Gasteiger partial charge in [0.2, 0.25) is 11.1 Å². The molecular weight excluding hydrogens is 378 g/mol. The molecule has 0 aliphatic carbocycles. The van der Waals surface area contributed by atoms with Gasteiger partial charge in [0, 0.05) is 18.1 Å². The minimum absolute atomic E-state index is 0.0784. The highest BCUT2D eigenvalue weighted by Crippen LogP contribution is 2.27. The summed E-state index contributed by atoms with van der Waals surface area (Å²) < 4.78 is 3.83. The molecule has 1 aromatic carbocycles. The van der Waals surface area contributed by atoms with E-state index in [1.807, 2.05) is 82.6 Å². The van der Waals surface area contributed by atoms with E-state index >= 15 is 0 Å². The fourth-order valence-electron chi connectivity index (χ4n) is 2.63. The van der Waals surface area contributed by atoms with Crippen LogP contribution in [0.4, 0.5) is 5.69 Å². The lowest BCUT2D eigenvalue weighted by atomic mass is 10.2. The number of thioether (sulfide) groups is 1. The van der Waals surface area contributed by atoms with Gasteiger partial charge in [-0.3, -0.25) is 9.47 Å². The number of carbonyl (C=O) groups excluding carboxylic acids is 1. The lowest BCUT2D eigenvalue weighted by Crippen LogP contribution is -2.15. The molecule has 0 radical (unpaired) electrons. The third-order valence-corrected chi connectivity index (χ3v) is 5.59. The Morgan fingerprint density at radius 1 is 1.15 bits per heavy atom. The fraction of sp³-hybridized carbons (Fsp3) is 0.105. The summed E-state index contributed by atoms with van der Waals surface area (Å²) in [6, 6.07) is 15.6. The second-order valence-corrected chi connectivity index (χ2v) is 7.75. The Bertz CT molecular complexity index is 1040. The van der Waals surface area contributed by atoms with Crippen LogP contribution in [0.15, 0.2) is 71.5 Å². The number of aryl methyl sites for hydroxylation is 1. The van der Waals surface area contributed by atoms with Gasteiger partial charge in [-0.2, -0.15) is 0 Å². The van der Waals surface area contributed by atoms with Crippen LogP contribution in [0.2, 0.25) is 0 Å². The molecule has 27 heavy (non-hydrogen) atoms. The predicted molar refractivity (Wildman–Crippen MR) is 109 cm³/mol. The molecule has 4 rings (SSSR count). The largest absolute Gasteiger partial charge is 0.325 e. The maximum Gasteiger partial charge on any atom is 0.234 e. The monoisotopic (exact) mass is 395 g/mol. The van der Waals surface area contributed by atoms with E-state index in [0.717, 1.165) is 22.0 Å². The van der Waals surface area contributed by atoms with Crippen molar-refractivity contribution >= 4 is 34.7 Å². The molecule has 8 heteroatoms. The molecule has 0 atom stereocenters. The Hall–Kier alpha value is -2.84. The summed E-state index contributed by atoms with van der Waals surface area (Å²) in [6.07, 6.45) is 3.86. The molecule has 0 fully saturated rings. The SMILES string of the molecule is Cc1cccc(NC(=O)CSc2nnc(-c3cccs3)n2-n2cccc2)c1. The standard InChI is InChI=1S/C19H17N5OS2/c1-14-6-4-7-15(12-14)20-17(25)13-27-19-22-21-18(16-8-5-11-26-16)24(19)23-9-2-3-10-23/h2-12H,13H2,1H3,(H,20,25). The maximum atomic E-state index is 12.3. The van der Waals surface area contributed by atoms with Crippen molar-refractivity contribution in [1.82, 2.24) is 19.5 Å². The van der Waals surface area contributed by atoms with E-state index in [-0.39, 0.29) is 11.7 Å². The van der Waals surface area contributed by atoms with Gasteiger partial charge in [-0.25, -0.2) is 4.68 Å². The molecule has 0 aliphatic heterocycles. The summed E-state index contributed by atoms with van der Waals surface area (Å²) in [6.45, 7) is 2.00. The first-order valence-corrected chi connectivity index (χ1v) is 10.2. The van der Waals surface area contributed by atoms with Crippen LogP contribution in [-0.2, 0) is 4.79 Å². The second-order valence-electron chi connectivity index (χ2n) is 5.86. The zero-order chi connectivity index (χ0) is 18.6. The van der Waals surface area contributed by atoms with Gasteiger partial charge in [0.25, 0.3) is 0 Å². The smallest absolute Gasteiger partial charge is 0.234 e. The van der Waals surface area contributed by atoms with Gasteiger partial charge in [0.05, 0.1) is 10.6 Å². The van der Waals surface area contributed by atoms with Gasteiger partial charge in [0.15, 0.2) is 5.82 Å². The zero-order valence-electron chi connectivity index (χ0n) is 14.6. The van der Waals surface area contributed by atoms with Gasteiger partial charge >= 0.3 is 0 Å². The first-order chi connectivity index (χ1) is 13.2. The Kier molecular flexibility index (Phi) is 5.08. The topological polar surface area (TPSA) is 64.7 Å². The number of nitrogens with one attached hydrogen (secondary N) is 1. The van der Waals surface area contributed by atoms with E-state index in [9.17, 15) is 4.79 Å². The molecule has 0 aliphatic rings. The number of carbonyl (C=O) groups is 1. The molecule has 0 bridgehead atoms. The molecule has 0 spiro atoms. The first-order valence-electron chi connectivity index (χ1n) is 8.33. The summed E-state index contributed by atoms with van der Waals surface area (Å²) in [4.78, 5) is 13.4. The predicted octanol–water partition coefficient (Wildman–Crippen LogP) is 4.16. The van der Waals surface area contributed by atoms with Crippen LogP contribution in [0.1, 0.15) is 5.56 Å². The fourth-order valence-corrected chi connectivity index (χ4v) is 4.06. The molecule has 3 aromatic heterocycles. The van der Waals surface area contributed by atoms with E-state index in [4.69, 9.17) is 0 Å². The highest BCUT2D eigenvalue weighted by molar-refractivity contribution is 7.99. The summed E-state index contributed by atoms with van der Waals surface area (Å²) in [5.74, 6) is 0.922. The van der Waals surface area contributed by atoms with Gasteiger partial charge in [-0.15, -0.1) is 21.5 Å². The maximum absolute atomic E-state index is 12.3. The van der Waals surface area contributed by atoms with Crippen molar-refractivity contribution in [3.8, 4) is 10.7 Å². The molecule has 0 saturated heterocycles. The van der Waals surface area contributed by atoms with E-state index < -0.39 is 0 Å². The lowest BCUT2D eigenvalue weighted by Gasteiger charge is -2.10. The molecule has 6 nitrogen and oxygen atoms in total. The number of nitrogens with zero attached hydrogens (tertiary/aromatic N) is 4. The van der Waals surface area contributed by atoms with Gasteiger partial charge < -0.3 is 5.32 Å². The summed E-state index contributed by atoms with van der Waals surface area (Å²) in [5, 5.41) is 14.2. The van der Waals surface area contributed by atoms with Crippen LogP contribution in [0.25, 0.3) is 10.7 Å². The van der Waals surface area contributed by atoms with E-state index in [2.05, 4.69) is 15.5 Å². The van der Waals surface area contributed by atoms with Crippen LogP contribution >= 0.6 is 23.1 Å². The van der Waals surface area contributed by atoms with Gasteiger partial charge in [-0.05, 0) is 48.2 Å². The molecular formula is C19H17N5OS2. The minimum atomic E-state index is -0.0784. The van der Waals surface area contributed by atoms with Crippen molar-refractivity contribution in [1.29, 1.82) is 0 Å². The molecule has 1 N–H and O–H groups in total. The average molecular weight is 396 g/mol. The number of hydrogen-bond donors (Lipinski definition) is 1. The number of aromatic nitrogens is 4. The Balaban J connectivity index is 1.53. The van der Waals surface area contributed by atoms with Crippen molar-refractivity contribution in [2.24, 2.45) is 0 Å². The van der Waals surface area contributed by atoms with E-state index in [1.165, 1.54) is 11.8 Å². The molecule has 0 saturated carbocycles. The van der Waals surface area contributed by atoms with Crippen molar-refractivity contribution < 1.29 is 4.79 Å². The Labute approximate surface area is 164 Å².